The zero-order valence-electron chi connectivity index (χ0n) is 9.96. The molecular formula is C14H22O. The molecule has 4 rings (SSSR count). The monoisotopic (exact) mass is 206 g/mol. The van der Waals surface area contributed by atoms with E-state index in [1.807, 2.05) is 0 Å². The van der Waals surface area contributed by atoms with E-state index in [-0.39, 0.29) is 5.60 Å². The normalized spacial score (nSPS) is 48.4. The van der Waals surface area contributed by atoms with Gasteiger partial charge in [0.15, 0.2) is 0 Å². The molecule has 0 aromatic carbocycles. The highest BCUT2D eigenvalue weighted by Crippen LogP contribution is 2.57. The Kier molecular flexibility index (Phi) is 2.12. The van der Waals surface area contributed by atoms with Gasteiger partial charge in [-0.1, -0.05) is 0 Å². The fourth-order valence-electron chi connectivity index (χ4n) is 4.56. The second-order valence-corrected chi connectivity index (χ2v) is 6.10. The largest absolute Gasteiger partial charge is 0.492 e. The quantitative estimate of drug-likeness (QED) is 0.623. The standard InChI is InChI=1S/C14H22O/c1-3-10(2)15-14-7-11-4-12(8-14)6-13(5-11)9-14/h3,11-13H,4-9H2,1-2H3. The van der Waals surface area contributed by atoms with Crippen LogP contribution in [0.15, 0.2) is 11.8 Å². The zero-order chi connectivity index (χ0) is 10.5. The third kappa shape index (κ3) is 1.60. The van der Waals surface area contributed by atoms with E-state index in [0.717, 1.165) is 23.5 Å². The average molecular weight is 206 g/mol. The summed E-state index contributed by atoms with van der Waals surface area (Å²) in [6.07, 6.45) is 10.6. The van der Waals surface area contributed by atoms with Crippen molar-refractivity contribution in [1.29, 1.82) is 0 Å². The van der Waals surface area contributed by atoms with Crippen LogP contribution in [0, 0.1) is 17.8 Å². The molecule has 84 valence electrons. The number of allylic oxidation sites excluding steroid dienone is 2. The lowest BCUT2D eigenvalue weighted by Crippen LogP contribution is -2.51. The third-order valence-electron chi connectivity index (χ3n) is 4.77. The molecule has 1 heteroatoms. The summed E-state index contributed by atoms with van der Waals surface area (Å²) in [6, 6.07) is 0. The molecule has 4 saturated carbocycles. The topological polar surface area (TPSA) is 9.23 Å². The van der Waals surface area contributed by atoms with Crippen molar-refractivity contribution in [2.45, 2.75) is 58.0 Å². The molecule has 4 fully saturated rings. The van der Waals surface area contributed by atoms with Gasteiger partial charge in [-0.05, 0) is 76.2 Å². The maximum atomic E-state index is 6.26. The first-order valence-corrected chi connectivity index (χ1v) is 6.51. The molecule has 0 atom stereocenters. The minimum Gasteiger partial charge on any atom is -0.492 e. The van der Waals surface area contributed by atoms with Gasteiger partial charge < -0.3 is 4.74 Å². The lowest BCUT2D eigenvalue weighted by atomic mass is 9.54. The van der Waals surface area contributed by atoms with Gasteiger partial charge in [-0.25, -0.2) is 0 Å². The lowest BCUT2D eigenvalue weighted by Gasteiger charge is -2.56. The van der Waals surface area contributed by atoms with E-state index < -0.39 is 0 Å². The van der Waals surface area contributed by atoms with Crippen LogP contribution in [-0.2, 0) is 4.74 Å². The predicted octanol–water partition coefficient (Wildman–Crippen LogP) is 3.90. The summed E-state index contributed by atoms with van der Waals surface area (Å²) in [4.78, 5) is 0. The fourth-order valence-corrected chi connectivity index (χ4v) is 4.56. The molecule has 0 spiro atoms. The first-order valence-electron chi connectivity index (χ1n) is 6.51. The number of hydrogen-bond donors (Lipinski definition) is 0. The van der Waals surface area contributed by atoms with Crippen molar-refractivity contribution in [3.8, 4) is 0 Å². The van der Waals surface area contributed by atoms with Crippen LogP contribution >= 0.6 is 0 Å². The summed E-state index contributed by atoms with van der Waals surface area (Å²) in [7, 11) is 0. The highest BCUT2D eigenvalue weighted by molar-refractivity contribution is 5.05. The summed E-state index contributed by atoms with van der Waals surface area (Å²) in [5, 5.41) is 0. The molecule has 0 heterocycles. The molecule has 0 unspecified atom stereocenters. The molecule has 1 nitrogen and oxygen atoms in total. The summed E-state index contributed by atoms with van der Waals surface area (Å²) in [6.45, 7) is 4.19. The summed E-state index contributed by atoms with van der Waals surface area (Å²) >= 11 is 0. The van der Waals surface area contributed by atoms with E-state index >= 15 is 0 Å². The predicted molar refractivity (Wildman–Crippen MR) is 61.4 cm³/mol. The summed E-state index contributed by atoms with van der Waals surface area (Å²) in [5.74, 6) is 4.10. The van der Waals surface area contributed by atoms with Crippen molar-refractivity contribution in [2.24, 2.45) is 17.8 Å². The van der Waals surface area contributed by atoms with Crippen LogP contribution in [-0.4, -0.2) is 5.60 Å². The van der Waals surface area contributed by atoms with Crippen LogP contribution in [0.4, 0.5) is 0 Å². The van der Waals surface area contributed by atoms with E-state index in [9.17, 15) is 0 Å². The van der Waals surface area contributed by atoms with Gasteiger partial charge in [0.2, 0.25) is 0 Å². The van der Waals surface area contributed by atoms with E-state index in [4.69, 9.17) is 4.74 Å². The maximum Gasteiger partial charge on any atom is 0.109 e. The molecule has 0 amide bonds. The van der Waals surface area contributed by atoms with E-state index in [1.54, 1.807) is 0 Å². The molecule has 0 saturated heterocycles. The third-order valence-corrected chi connectivity index (χ3v) is 4.77. The van der Waals surface area contributed by atoms with Gasteiger partial charge in [0.25, 0.3) is 0 Å². The smallest absolute Gasteiger partial charge is 0.109 e. The Morgan fingerprint density at radius 1 is 1.07 bits per heavy atom. The van der Waals surface area contributed by atoms with E-state index in [1.165, 1.54) is 38.5 Å². The molecule has 0 N–H and O–H groups in total. The summed E-state index contributed by atoms with van der Waals surface area (Å²) < 4.78 is 6.26. The number of rotatable bonds is 2. The van der Waals surface area contributed by atoms with E-state index in [0.29, 0.717) is 0 Å². The Balaban J connectivity index is 1.81. The van der Waals surface area contributed by atoms with Gasteiger partial charge in [-0.2, -0.15) is 0 Å². The Morgan fingerprint density at radius 3 is 1.93 bits per heavy atom. The molecule has 0 radical (unpaired) electrons. The van der Waals surface area contributed by atoms with Crippen LogP contribution in [0.5, 0.6) is 0 Å². The van der Waals surface area contributed by atoms with Gasteiger partial charge in [0.05, 0.1) is 5.76 Å². The van der Waals surface area contributed by atoms with Crippen molar-refractivity contribution in [2.75, 3.05) is 0 Å². The Hall–Kier alpha value is -0.460. The first kappa shape index (κ1) is 9.74. The van der Waals surface area contributed by atoms with Gasteiger partial charge in [0, 0.05) is 0 Å². The number of ether oxygens (including phenoxy) is 1. The molecule has 0 aliphatic heterocycles. The van der Waals surface area contributed by atoms with Crippen LogP contribution in [0.25, 0.3) is 0 Å². The minimum absolute atomic E-state index is 0.255. The second kappa shape index (κ2) is 3.26. The average Bonchev–Trinajstić information content (AvgIpc) is 2.14. The minimum atomic E-state index is 0.255. The van der Waals surface area contributed by atoms with Gasteiger partial charge in [0.1, 0.15) is 5.60 Å². The van der Waals surface area contributed by atoms with Crippen molar-refractivity contribution < 1.29 is 4.74 Å². The van der Waals surface area contributed by atoms with Crippen molar-refractivity contribution in [1.82, 2.24) is 0 Å². The Bertz CT molecular complexity index is 254. The molecule has 4 aliphatic rings. The van der Waals surface area contributed by atoms with Crippen LogP contribution in [0.3, 0.4) is 0 Å². The van der Waals surface area contributed by atoms with Crippen molar-refractivity contribution in [3.63, 3.8) is 0 Å². The highest BCUT2D eigenvalue weighted by Gasteiger charge is 2.52. The maximum absolute atomic E-state index is 6.26. The van der Waals surface area contributed by atoms with Crippen molar-refractivity contribution >= 4 is 0 Å². The van der Waals surface area contributed by atoms with Crippen molar-refractivity contribution in [3.05, 3.63) is 11.8 Å². The number of hydrogen-bond acceptors (Lipinski definition) is 1. The van der Waals surface area contributed by atoms with Gasteiger partial charge in [-0.3, -0.25) is 0 Å². The zero-order valence-corrected chi connectivity index (χ0v) is 9.96. The van der Waals surface area contributed by atoms with Gasteiger partial charge >= 0.3 is 0 Å². The molecule has 15 heavy (non-hydrogen) atoms. The summed E-state index contributed by atoms with van der Waals surface area (Å²) in [5.41, 5.74) is 0.255. The molecule has 0 aromatic rings. The molecule has 0 aromatic heterocycles. The SMILES string of the molecule is CC=C(C)OC12CC3CC(CC(C3)C1)C2. The molecule has 4 bridgehead atoms. The van der Waals surface area contributed by atoms with Gasteiger partial charge in [-0.15, -0.1) is 0 Å². The Morgan fingerprint density at radius 2 is 1.53 bits per heavy atom. The van der Waals surface area contributed by atoms with Crippen LogP contribution < -0.4 is 0 Å². The highest BCUT2D eigenvalue weighted by atomic mass is 16.5. The molecular weight excluding hydrogens is 184 g/mol. The molecule has 4 aliphatic carbocycles. The lowest BCUT2D eigenvalue weighted by molar-refractivity contribution is -0.138. The first-order chi connectivity index (χ1) is 7.19. The Labute approximate surface area is 92.9 Å². The fraction of sp³-hybridized carbons (Fsp3) is 0.857. The van der Waals surface area contributed by atoms with Crippen LogP contribution in [0.1, 0.15) is 52.4 Å². The van der Waals surface area contributed by atoms with E-state index in [2.05, 4.69) is 19.9 Å². The second-order valence-electron chi connectivity index (χ2n) is 6.10. The van der Waals surface area contributed by atoms with Crippen LogP contribution in [0.2, 0.25) is 0 Å².